The number of benzene rings is 10. The smallest absolute Gasteiger partial charge is 0.0753 e. The van der Waals surface area contributed by atoms with Gasteiger partial charge in [0.25, 0.3) is 0 Å². The Hall–Kier alpha value is -8.07. The van der Waals surface area contributed by atoms with E-state index in [-0.39, 0.29) is 0 Å². The van der Waals surface area contributed by atoms with Gasteiger partial charge in [-0.15, -0.1) is 0 Å². The summed E-state index contributed by atoms with van der Waals surface area (Å²) < 4.78 is 2.45. The van der Waals surface area contributed by atoms with Crippen molar-refractivity contribution in [3.63, 3.8) is 0 Å². The maximum Gasteiger partial charge on any atom is 0.0753 e. The van der Waals surface area contributed by atoms with Crippen LogP contribution in [-0.2, 0) is 5.41 Å². The zero-order valence-corrected chi connectivity index (χ0v) is 33.7. The van der Waals surface area contributed by atoms with Crippen LogP contribution in [0, 0.1) is 0 Å². The first-order chi connectivity index (χ1) is 30.8. The summed E-state index contributed by atoms with van der Waals surface area (Å²) in [5.74, 6) is 0. The van der Waals surface area contributed by atoms with Crippen molar-refractivity contribution in [3.8, 4) is 50.3 Å². The summed E-state index contributed by atoms with van der Waals surface area (Å²) in [6.07, 6.45) is 1.96. The SMILES string of the molecule is c1ccc(-c2cc3c4ccccc4c(-c4ccc5c(c4)C4(c6ccccc6-c6cc7c8ccccc8n(-c8ccccc8)c7cc64)c4cccnc4-5)cc3c3ccccc23)cc1. The van der Waals surface area contributed by atoms with Gasteiger partial charge in [-0.1, -0.05) is 158 Å². The predicted octanol–water partition coefficient (Wildman–Crippen LogP) is 15.3. The van der Waals surface area contributed by atoms with Gasteiger partial charge in [-0.25, -0.2) is 0 Å². The van der Waals surface area contributed by atoms with Gasteiger partial charge >= 0.3 is 0 Å². The highest BCUT2D eigenvalue weighted by atomic mass is 15.0. The molecule has 0 N–H and O–H groups in total. The first-order valence-electron chi connectivity index (χ1n) is 21.5. The van der Waals surface area contributed by atoms with Gasteiger partial charge in [0.2, 0.25) is 0 Å². The third-order valence-corrected chi connectivity index (χ3v) is 14.0. The highest BCUT2D eigenvalue weighted by Gasteiger charge is 2.52. The van der Waals surface area contributed by atoms with Crippen LogP contribution in [0.1, 0.15) is 22.3 Å². The molecule has 0 fully saturated rings. The van der Waals surface area contributed by atoms with Gasteiger partial charge in [0.05, 0.1) is 22.1 Å². The molecule has 10 aromatic carbocycles. The van der Waals surface area contributed by atoms with E-state index in [2.05, 4.69) is 217 Å². The molecule has 2 heterocycles. The van der Waals surface area contributed by atoms with E-state index in [0.717, 1.165) is 11.4 Å². The van der Waals surface area contributed by atoms with E-state index < -0.39 is 5.41 Å². The van der Waals surface area contributed by atoms with E-state index in [1.54, 1.807) is 0 Å². The molecular formula is C60H36N2. The van der Waals surface area contributed by atoms with Crippen LogP contribution < -0.4 is 0 Å². The molecule has 0 saturated heterocycles. The van der Waals surface area contributed by atoms with Crippen molar-refractivity contribution < 1.29 is 0 Å². The number of rotatable bonds is 3. The lowest BCUT2D eigenvalue weighted by atomic mass is 9.70. The Morgan fingerprint density at radius 2 is 0.887 bits per heavy atom. The maximum absolute atomic E-state index is 5.18. The van der Waals surface area contributed by atoms with E-state index >= 15 is 0 Å². The van der Waals surface area contributed by atoms with Crippen molar-refractivity contribution >= 4 is 54.1 Å². The average molecular weight is 785 g/mol. The standard InChI is InChI=1S/C60H36N2/c1-3-16-37(17-4-1)47-33-49-43-23-10-8-21-41(43)48(34-50(49)42-22-9-7-20-40(42)47)38-29-30-46-55(32-38)60(54-27-15-31-61-59(46)54)53-26-13-11-24-44(53)51-35-52-45-25-12-14-28-57(45)62(58(52)36-56(51)60)39-18-5-2-6-19-39/h1-36H. The van der Waals surface area contributed by atoms with Crippen LogP contribution in [0.5, 0.6) is 0 Å². The zero-order valence-electron chi connectivity index (χ0n) is 33.7. The van der Waals surface area contributed by atoms with Gasteiger partial charge in [-0.3, -0.25) is 4.98 Å². The van der Waals surface area contributed by atoms with Gasteiger partial charge < -0.3 is 4.57 Å². The van der Waals surface area contributed by atoms with Crippen LogP contribution in [0.25, 0.3) is 104 Å². The van der Waals surface area contributed by atoms with Crippen molar-refractivity contribution in [2.75, 3.05) is 0 Å². The minimum Gasteiger partial charge on any atom is -0.309 e. The first kappa shape index (κ1) is 33.7. The predicted molar refractivity (Wildman–Crippen MR) is 258 cm³/mol. The number of fused-ring (bicyclic) bond motifs is 18. The molecule has 2 aliphatic carbocycles. The second kappa shape index (κ2) is 12.5. The van der Waals surface area contributed by atoms with E-state index in [0.29, 0.717) is 0 Å². The molecule has 0 radical (unpaired) electrons. The number of para-hydroxylation sites is 2. The molecule has 286 valence electrons. The van der Waals surface area contributed by atoms with Crippen molar-refractivity contribution in [2.45, 2.75) is 5.41 Å². The molecule has 0 saturated carbocycles. The van der Waals surface area contributed by atoms with Gasteiger partial charge in [0.15, 0.2) is 0 Å². The molecule has 2 aliphatic rings. The van der Waals surface area contributed by atoms with Crippen LogP contribution in [0.3, 0.4) is 0 Å². The second-order valence-electron chi connectivity index (χ2n) is 17.0. The Balaban J connectivity index is 1.08. The first-order valence-corrected chi connectivity index (χ1v) is 21.5. The maximum atomic E-state index is 5.18. The van der Waals surface area contributed by atoms with Crippen LogP contribution in [-0.4, -0.2) is 9.55 Å². The Morgan fingerprint density at radius 3 is 1.65 bits per heavy atom. The molecule has 62 heavy (non-hydrogen) atoms. The van der Waals surface area contributed by atoms with E-state index in [4.69, 9.17) is 4.98 Å². The fourth-order valence-corrected chi connectivity index (χ4v) is 11.5. The van der Waals surface area contributed by atoms with E-state index in [1.165, 1.54) is 115 Å². The topological polar surface area (TPSA) is 17.8 Å². The normalized spacial score (nSPS) is 14.8. The van der Waals surface area contributed by atoms with Crippen molar-refractivity contribution in [1.29, 1.82) is 0 Å². The van der Waals surface area contributed by atoms with Gasteiger partial charge in [0.1, 0.15) is 0 Å². The fourth-order valence-electron chi connectivity index (χ4n) is 11.5. The van der Waals surface area contributed by atoms with Gasteiger partial charge in [-0.2, -0.15) is 0 Å². The van der Waals surface area contributed by atoms with Crippen molar-refractivity contribution in [1.82, 2.24) is 9.55 Å². The average Bonchev–Trinajstić information content (AvgIpc) is 3.94. The van der Waals surface area contributed by atoms with Crippen LogP contribution in [0.2, 0.25) is 0 Å². The summed E-state index contributed by atoms with van der Waals surface area (Å²) in [6, 6.07) is 79.0. The molecule has 2 nitrogen and oxygen atoms in total. The number of nitrogens with zero attached hydrogens (tertiary/aromatic N) is 2. The van der Waals surface area contributed by atoms with Gasteiger partial charge in [-0.05, 0) is 143 Å². The van der Waals surface area contributed by atoms with Crippen molar-refractivity contribution in [2.24, 2.45) is 0 Å². The zero-order chi connectivity index (χ0) is 40.5. The summed E-state index contributed by atoms with van der Waals surface area (Å²) in [6.45, 7) is 0. The molecule has 0 amide bonds. The van der Waals surface area contributed by atoms with Crippen LogP contribution in [0.15, 0.2) is 219 Å². The molecule has 0 aliphatic heterocycles. The summed E-state index contributed by atoms with van der Waals surface area (Å²) in [7, 11) is 0. The fraction of sp³-hybridized carbons (Fsp3) is 0.0167. The monoisotopic (exact) mass is 784 g/mol. The van der Waals surface area contributed by atoms with E-state index in [1.807, 2.05) is 6.20 Å². The molecule has 1 atom stereocenters. The Morgan fingerprint density at radius 1 is 0.306 bits per heavy atom. The number of hydrogen-bond acceptors (Lipinski definition) is 1. The molecular weight excluding hydrogens is 749 g/mol. The lowest BCUT2D eigenvalue weighted by Gasteiger charge is -2.30. The Bertz CT molecular complexity index is 3860. The minimum atomic E-state index is -0.572. The van der Waals surface area contributed by atoms with Crippen molar-refractivity contribution in [3.05, 3.63) is 241 Å². The second-order valence-corrected chi connectivity index (χ2v) is 17.0. The number of pyridine rings is 1. The largest absolute Gasteiger partial charge is 0.309 e. The quantitative estimate of drug-likeness (QED) is 0.163. The van der Waals surface area contributed by atoms with Crippen LogP contribution >= 0.6 is 0 Å². The molecule has 1 spiro atoms. The lowest BCUT2D eigenvalue weighted by Crippen LogP contribution is -2.26. The lowest BCUT2D eigenvalue weighted by molar-refractivity contribution is 0.792. The highest BCUT2D eigenvalue weighted by molar-refractivity contribution is 6.24. The van der Waals surface area contributed by atoms with E-state index in [9.17, 15) is 0 Å². The molecule has 1 unspecified atom stereocenters. The third-order valence-electron chi connectivity index (χ3n) is 14.0. The molecule has 2 heteroatoms. The molecule has 2 aromatic heterocycles. The number of hydrogen-bond donors (Lipinski definition) is 0. The number of aromatic nitrogens is 2. The summed E-state index contributed by atoms with van der Waals surface area (Å²) in [5.41, 5.74) is 17.9. The minimum absolute atomic E-state index is 0.572. The molecule has 14 rings (SSSR count). The van der Waals surface area contributed by atoms with Crippen LogP contribution in [0.4, 0.5) is 0 Å². The molecule has 0 bridgehead atoms. The molecule has 12 aromatic rings. The highest BCUT2D eigenvalue weighted by Crippen LogP contribution is 2.63. The summed E-state index contributed by atoms with van der Waals surface area (Å²) in [4.78, 5) is 5.18. The Kier molecular flexibility index (Phi) is 6.79. The summed E-state index contributed by atoms with van der Waals surface area (Å²) >= 11 is 0. The third kappa shape index (κ3) is 4.35. The van der Waals surface area contributed by atoms with Gasteiger partial charge in [0, 0.05) is 28.2 Å². The Labute approximate surface area is 358 Å². The summed E-state index contributed by atoms with van der Waals surface area (Å²) in [5, 5.41) is 10.1.